The highest BCUT2D eigenvalue weighted by atomic mass is 16.7. The van der Waals surface area contributed by atoms with E-state index in [0.717, 1.165) is 56.9 Å². The molecule has 8 nitrogen and oxygen atoms in total. The van der Waals surface area contributed by atoms with E-state index < -0.39 is 48.2 Å². The molecule has 6 rings (SSSR count). The number of hydrogen-bond acceptors (Lipinski definition) is 8. The minimum Gasteiger partial charge on any atom is -0.432 e. The number of esters is 1. The largest absolute Gasteiger partial charge is 0.432 e. The Morgan fingerprint density at radius 2 is 1.49 bits per heavy atom. The molecule has 0 aromatic carbocycles. The van der Waals surface area contributed by atoms with Gasteiger partial charge in [-0.3, -0.25) is 9.59 Å². The normalized spacial score (nSPS) is 52.6. The second kappa shape index (κ2) is 10.8. The van der Waals surface area contributed by atoms with E-state index in [1.165, 1.54) is 0 Å². The van der Waals surface area contributed by atoms with Crippen molar-refractivity contribution in [3.05, 3.63) is 12.2 Å². The van der Waals surface area contributed by atoms with E-state index in [2.05, 4.69) is 27.4 Å². The van der Waals surface area contributed by atoms with Gasteiger partial charge in [0.2, 0.25) is 6.29 Å². The van der Waals surface area contributed by atoms with Crippen molar-refractivity contribution in [2.45, 2.75) is 149 Å². The van der Waals surface area contributed by atoms with Crippen molar-refractivity contribution in [3.8, 4) is 0 Å². The summed E-state index contributed by atoms with van der Waals surface area (Å²) in [6.45, 7) is 18.9. The predicted octanol–water partition coefficient (Wildman–Crippen LogP) is 4.94. The average Bonchev–Trinajstić information content (AvgIpc) is 3.57. The molecule has 1 heterocycles. The number of hydrogen-bond donors (Lipinski definition) is 4. The van der Waals surface area contributed by atoms with Crippen molar-refractivity contribution in [2.24, 2.45) is 56.7 Å². The molecule has 254 valence electrons. The van der Waals surface area contributed by atoms with Gasteiger partial charge in [0.25, 0.3) is 0 Å². The minimum absolute atomic E-state index is 0.0308. The Balaban J connectivity index is 1.23. The van der Waals surface area contributed by atoms with Crippen LogP contribution < -0.4 is 0 Å². The summed E-state index contributed by atoms with van der Waals surface area (Å²) in [4.78, 5) is 27.1. The van der Waals surface area contributed by atoms with Crippen molar-refractivity contribution < 1.29 is 39.5 Å². The zero-order valence-electron chi connectivity index (χ0n) is 28.6. The van der Waals surface area contributed by atoms with Crippen LogP contribution in [0, 0.1) is 56.7 Å². The third-order valence-electron chi connectivity index (χ3n) is 15.5. The van der Waals surface area contributed by atoms with Crippen LogP contribution in [0.2, 0.25) is 0 Å². The smallest absolute Gasteiger partial charge is 0.317 e. The molecule has 1 saturated heterocycles. The van der Waals surface area contributed by atoms with Gasteiger partial charge in [-0.05, 0) is 128 Å². The van der Waals surface area contributed by atoms with E-state index in [1.54, 1.807) is 6.92 Å². The molecule has 0 aromatic rings. The van der Waals surface area contributed by atoms with E-state index in [0.29, 0.717) is 30.6 Å². The number of carbonyl (C=O) groups is 2. The molecule has 6 aliphatic rings. The standard InChI is InChI=1S/C37H58O8/c1-19(2)21(4)24(38)17-20(3)23-11-13-34(7)25-9-10-26-35(8,32(43)45-31-30(42)29(41)28(40)22(5)44-31)27(39)12-14-36(26)18-37(25,36)16-15-33(23,34)6/h19-20,22-23,25-31,39-42H,4,9-18H2,1-3,5-8H3/t20-,22+,23-,25+,26+,27+,28+,29-,30-,31+,33-,34+,35+,36-,37+/m1/s1. The SMILES string of the molecule is C=C(C(=O)C[C@@H](C)[C@H]1CC[C@@]2(C)[C@@H]3CC[C@H]4[C@](C)(C(=O)O[C@@H]5O[C@@H](C)[C@H](O)[C@@H](O)[C@H]5O)[C@@H](O)CC[C@@]45C[C@@]35CC[C@]12C)C(C)C. The fraction of sp³-hybridized carbons (Fsp3) is 0.892. The third kappa shape index (κ3) is 4.40. The molecule has 5 saturated carbocycles. The summed E-state index contributed by atoms with van der Waals surface area (Å²) in [5.41, 5.74) is -0.0173. The number of aliphatic hydroxyl groups excluding tert-OH is 4. The number of carbonyl (C=O) groups excluding carboxylic acids is 2. The maximum Gasteiger partial charge on any atom is 0.317 e. The lowest BCUT2D eigenvalue weighted by atomic mass is 9.41. The third-order valence-corrected chi connectivity index (χ3v) is 15.5. The fourth-order valence-corrected chi connectivity index (χ4v) is 12.5. The van der Waals surface area contributed by atoms with E-state index in [-0.39, 0.29) is 39.3 Å². The molecule has 0 bridgehead atoms. The molecular formula is C37H58O8. The van der Waals surface area contributed by atoms with Crippen molar-refractivity contribution in [3.63, 3.8) is 0 Å². The summed E-state index contributed by atoms with van der Waals surface area (Å²) < 4.78 is 11.4. The lowest BCUT2D eigenvalue weighted by Crippen LogP contribution is -2.62. The van der Waals surface area contributed by atoms with Crippen LogP contribution in [0.15, 0.2) is 12.2 Å². The molecule has 0 radical (unpaired) electrons. The quantitative estimate of drug-likeness (QED) is 0.230. The van der Waals surface area contributed by atoms with E-state index in [1.807, 2.05) is 20.8 Å². The number of aliphatic hydroxyl groups is 4. The summed E-state index contributed by atoms with van der Waals surface area (Å²) in [5, 5.41) is 42.5. The van der Waals surface area contributed by atoms with Crippen LogP contribution in [-0.4, -0.2) is 69.0 Å². The molecule has 45 heavy (non-hydrogen) atoms. The molecule has 8 heteroatoms. The highest BCUT2D eigenvalue weighted by molar-refractivity contribution is 5.95. The Bertz CT molecular complexity index is 1230. The summed E-state index contributed by atoms with van der Waals surface area (Å²) >= 11 is 0. The van der Waals surface area contributed by atoms with Crippen LogP contribution in [0.5, 0.6) is 0 Å². The van der Waals surface area contributed by atoms with Crippen molar-refractivity contribution in [2.75, 3.05) is 0 Å². The molecule has 1 aliphatic heterocycles. The van der Waals surface area contributed by atoms with Crippen LogP contribution >= 0.6 is 0 Å². The maximum absolute atomic E-state index is 14.1. The van der Waals surface area contributed by atoms with Crippen LogP contribution in [0.1, 0.15) is 113 Å². The Morgan fingerprint density at radius 1 is 0.844 bits per heavy atom. The molecular weight excluding hydrogens is 572 g/mol. The van der Waals surface area contributed by atoms with Gasteiger partial charge in [-0.15, -0.1) is 0 Å². The highest BCUT2D eigenvalue weighted by Gasteiger charge is 2.83. The molecule has 15 atom stereocenters. The lowest BCUT2D eigenvalue weighted by Gasteiger charge is -2.63. The summed E-state index contributed by atoms with van der Waals surface area (Å²) in [6, 6.07) is 0. The van der Waals surface area contributed by atoms with E-state index in [9.17, 15) is 30.0 Å². The van der Waals surface area contributed by atoms with Crippen LogP contribution in [0.4, 0.5) is 0 Å². The molecule has 0 unspecified atom stereocenters. The van der Waals surface area contributed by atoms with Gasteiger partial charge in [0.05, 0.1) is 17.6 Å². The van der Waals surface area contributed by atoms with Gasteiger partial charge >= 0.3 is 5.97 Å². The molecule has 5 aliphatic carbocycles. The number of ether oxygens (including phenoxy) is 2. The number of ketones is 1. The molecule has 2 spiro atoms. The van der Waals surface area contributed by atoms with Crippen molar-refractivity contribution in [1.29, 1.82) is 0 Å². The first kappa shape index (κ1) is 33.6. The van der Waals surface area contributed by atoms with Gasteiger partial charge in [0.1, 0.15) is 18.3 Å². The van der Waals surface area contributed by atoms with Gasteiger partial charge < -0.3 is 29.9 Å². The van der Waals surface area contributed by atoms with Gasteiger partial charge in [-0.2, -0.15) is 0 Å². The van der Waals surface area contributed by atoms with Gasteiger partial charge in [-0.25, -0.2) is 0 Å². The average molecular weight is 631 g/mol. The number of fused-ring (bicyclic) bond motifs is 2. The maximum atomic E-state index is 14.1. The van der Waals surface area contributed by atoms with E-state index in [4.69, 9.17) is 9.47 Å². The van der Waals surface area contributed by atoms with Crippen LogP contribution in [0.3, 0.4) is 0 Å². The second-order valence-electron chi connectivity index (χ2n) is 17.4. The number of allylic oxidation sites excluding steroid dienone is 1. The van der Waals surface area contributed by atoms with Crippen molar-refractivity contribution >= 4 is 11.8 Å². The molecule has 6 fully saturated rings. The Labute approximate surface area is 269 Å². The zero-order valence-corrected chi connectivity index (χ0v) is 28.6. The van der Waals surface area contributed by atoms with Crippen molar-refractivity contribution in [1.82, 2.24) is 0 Å². The Morgan fingerprint density at radius 3 is 2.16 bits per heavy atom. The lowest BCUT2D eigenvalue weighted by molar-refractivity contribution is -0.292. The fourth-order valence-electron chi connectivity index (χ4n) is 12.5. The highest BCUT2D eigenvalue weighted by Crippen LogP contribution is 2.89. The molecule has 0 aromatic heterocycles. The van der Waals surface area contributed by atoms with Gasteiger partial charge in [0, 0.05) is 6.42 Å². The van der Waals surface area contributed by atoms with E-state index >= 15 is 0 Å². The predicted molar refractivity (Wildman–Crippen MR) is 168 cm³/mol. The van der Waals surface area contributed by atoms with Gasteiger partial charge in [-0.1, -0.05) is 41.2 Å². The van der Waals surface area contributed by atoms with Gasteiger partial charge in [0.15, 0.2) is 5.78 Å². The first-order valence-electron chi connectivity index (χ1n) is 17.7. The van der Waals surface area contributed by atoms with Crippen LogP contribution in [0.25, 0.3) is 0 Å². The number of Topliss-reactive ketones (excluding diaryl/α,β-unsaturated/α-hetero) is 1. The monoisotopic (exact) mass is 630 g/mol. The summed E-state index contributed by atoms with van der Waals surface area (Å²) in [6.07, 6.45) is 2.00. The zero-order chi connectivity index (χ0) is 33.1. The first-order valence-corrected chi connectivity index (χ1v) is 17.7. The summed E-state index contributed by atoms with van der Waals surface area (Å²) in [7, 11) is 0. The Hall–Kier alpha value is -1.32. The Kier molecular flexibility index (Phi) is 8.09. The second-order valence-corrected chi connectivity index (χ2v) is 17.4. The summed E-state index contributed by atoms with van der Waals surface area (Å²) in [5.74, 6) is 1.08. The number of rotatable bonds is 7. The topological polar surface area (TPSA) is 134 Å². The molecule has 0 amide bonds. The minimum atomic E-state index is -1.58. The van der Waals surface area contributed by atoms with Crippen LogP contribution in [-0.2, 0) is 19.1 Å². The first-order chi connectivity index (χ1) is 20.9. The molecule has 4 N–H and O–H groups in total.